The van der Waals surface area contributed by atoms with Gasteiger partial charge in [0.05, 0.1) is 30.1 Å². The average Bonchev–Trinajstić information content (AvgIpc) is 3.48. The zero-order chi connectivity index (χ0) is 28.0. The minimum absolute atomic E-state index is 0.0888. The normalized spacial score (nSPS) is 13.0. The summed E-state index contributed by atoms with van der Waals surface area (Å²) < 4.78 is 30.6. The zero-order valence-corrected chi connectivity index (χ0v) is 23.5. The van der Waals surface area contributed by atoms with E-state index in [1.807, 2.05) is 0 Å². The number of ether oxygens (including phenoxy) is 1. The minimum atomic E-state index is -2.64. The summed E-state index contributed by atoms with van der Waals surface area (Å²) in [5.41, 5.74) is 3.74. The Morgan fingerprint density at radius 3 is 2.55 bits per heavy atom. The molecule has 4 aromatic rings. The first-order valence-electron chi connectivity index (χ1n) is 11.6. The molecule has 0 aliphatic carbocycles. The first-order valence-corrected chi connectivity index (χ1v) is 14.7. The molecule has 38 heavy (non-hydrogen) atoms. The van der Waals surface area contributed by atoms with Gasteiger partial charge in [0.1, 0.15) is 28.4 Å². The number of hydrogen-bond acceptors (Lipinski definition) is 9. The van der Waals surface area contributed by atoms with Crippen molar-refractivity contribution in [2.75, 3.05) is 19.6 Å². The fourth-order valence-electron chi connectivity index (χ4n) is 4.26. The van der Waals surface area contributed by atoms with Crippen LogP contribution in [-0.4, -0.2) is 43.9 Å². The van der Waals surface area contributed by atoms with Crippen molar-refractivity contribution in [3.05, 3.63) is 68.7 Å². The highest BCUT2D eigenvalue weighted by atomic mass is 32.2. The van der Waals surface area contributed by atoms with E-state index >= 15 is 0 Å². The summed E-state index contributed by atoms with van der Waals surface area (Å²) in [7, 11) is -1.13. The first-order chi connectivity index (χ1) is 17.8. The molecule has 0 fully saturated rings. The van der Waals surface area contributed by atoms with Crippen molar-refractivity contribution in [3.8, 4) is 16.5 Å². The lowest BCUT2D eigenvalue weighted by Crippen LogP contribution is -2.54. The van der Waals surface area contributed by atoms with Gasteiger partial charge in [-0.25, -0.2) is 18.7 Å². The molecule has 0 saturated carbocycles. The highest BCUT2D eigenvalue weighted by molar-refractivity contribution is 7.92. The van der Waals surface area contributed by atoms with Gasteiger partial charge in [0.15, 0.2) is 0 Å². The van der Waals surface area contributed by atoms with Crippen LogP contribution in [0.15, 0.2) is 55.1 Å². The molecule has 1 unspecified atom stereocenters. The number of oxazole rings is 1. The van der Waals surface area contributed by atoms with Gasteiger partial charge in [0.2, 0.25) is 11.8 Å². The van der Waals surface area contributed by atoms with Crippen LogP contribution in [0.3, 0.4) is 0 Å². The van der Waals surface area contributed by atoms with E-state index in [9.17, 15) is 18.6 Å². The summed E-state index contributed by atoms with van der Waals surface area (Å²) in [6.45, 7) is 4.47. The fourth-order valence-corrected chi connectivity index (χ4v) is 6.29. The molecule has 2 N–H and O–H groups in total. The number of methoxy groups -OCH3 is 1. The SMILES string of the molecule is COc1ccccc1C(Cn1c(=O)n(C(C)(C)C(N)=O)c(=O)c2c(C)c(-c3ncco3)sc21)N=S(C)(C)=O. The summed E-state index contributed by atoms with van der Waals surface area (Å²) in [6.07, 6.45) is 5.90. The fraction of sp³-hybridized carbons (Fsp3) is 0.360. The molecular formula is C25H29N5O6S2. The van der Waals surface area contributed by atoms with Gasteiger partial charge in [-0.3, -0.25) is 18.4 Å². The molecule has 13 heteroatoms. The number of aryl methyl sites for hydroxylation is 1. The maximum Gasteiger partial charge on any atom is 0.333 e. The van der Waals surface area contributed by atoms with E-state index in [-0.39, 0.29) is 11.9 Å². The van der Waals surface area contributed by atoms with Crippen LogP contribution in [0, 0.1) is 6.92 Å². The molecule has 4 rings (SSSR count). The molecule has 0 spiro atoms. The number of aromatic nitrogens is 3. The second-order valence-corrected chi connectivity index (χ2v) is 13.1. The Morgan fingerprint density at radius 2 is 1.97 bits per heavy atom. The molecule has 0 bridgehead atoms. The number of carbonyl (C=O) groups is 1. The number of nitrogens with zero attached hydrogens (tertiary/aromatic N) is 4. The molecule has 11 nitrogen and oxygen atoms in total. The van der Waals surface area contributed by atoms with Crippen LogP contribution in [0.5, 0.6) is 5.75 Å². The van der Waals surface area contributed by atoms with E-state index in [4.69, 9.17) is 14.9 Å². The highest BCUT2D eigenvalue weighted by Gasteiger charge is 2.34. The third-order valence-electron chi connectivity index (χ3n) is 6.24. The number of nitrogens with two attached hydrogens (primary N) is 1. The Bertz CT molecular complexity index is 1760. The second-order valence-electron chi connectivity index (χ2n) is 9.58. The Labute approximate surface area is 223 Å². The van der Waals surface area contributed by atoms with Crippen LogP contribution in [-0.2, 0) is 26.6 Å². The Balaban J connectivity index is 2.11. The maximum atomic E-state index is 14.0. The van der Waals surface area contributed by atoms with Crippen LogP contribution >= 0.6 is 11.3 Å². The van der Waals surface area contributed by atoms with Gasteiger partial charge in [0, 0.05) is 27.8 Å². The predicted octanol–water partition coefficient (Wildman–Crippen LogP) is 2.89. The summed E-state index contributed by atoms with van der Waals surface area (Å²) in [6, 6.07) is 6.32. The Kier molecular flexibility index (Phi) is 7.10. The molecule has 0 aliphatic heterocycles. The highest BCUT2D eigenvalue weighted by Crippen LogP contribution is 2.37. The van der Waals surface area contributed by atoms with Gasteiger partial charge in [-0.2, -0.15) is 0 Å². The summed E-state index contributed by atoms with van der Waals surface area (Å²) in [5.74, 6) is -0.0544. The standard InChI is InChI=1S/C25H29N5O6S2/c1-14-18-21(31)30(25(2,3)23(26)32)24(33)29(22(18)37-19(14)20-27-11-12-36-20)13-16(28-38(5,6)34)15-9-7-8-10-17(15)35-4/h7-12,16H,13H2,1-6H3,(H2,26,32). The lowest BCUT2D eigenvalue weighted by atomic mass is 10.0. The van der Waals surface area contributed by atoms with Crippen molar-refractivity contribution in [2.45, 2.75) is 38.9 Å². The van der Waals surface area contributed by atoms with Crippen molar-refractivity contribution in [3.63, 3.8) is 0 Å². The van der Waals surface area contributed by atoms with E-state index in [1.54, 1.807) is 31.2 Å². The molecule has 1 amide bonds. The van der Waals surface area contributed by atoms with Crippen molar-refractivity contribution < 1.29 is 18.2 Å². The van der Waals surface area contributed by atoms with E-state index < -0.39 is 38.5 Å². The van der Waals surface area contributed by atoms with Gasteiger partial charge in [-0.15, -0.1) is 11.3 Å². The molecular weight excluding hydrogens is 530 g/mol. The molecule has 1 aromatic carbocycles. The predicted molar refractivity (Wildman–Crippen MR) is 147 cm³/mol. The van der Waals surface area contributed by atoms with Crippen LogP contribution in [0.4, 0.5) is 0 Å². The topological polar surface area (TPSA) is 152 Å². The molecule has 0 aliphatic rings. The number of amides is 1. The quantitative estimate of drug-likeness (QED) is 0.348. The molecule has 202 valence electrons. The minimum Gasteiger partial charge on any atom is -0.496 e. The van der Waals surface area contributed by atoms with E-state index in [1.165, 1.54) is 50.5 Å². The third kappa shape index (κ3) is 4.78. The van der Waals surface area contributed by atoms with Crippen LogP contribution in [0.1, 0.15) is 31.0 Å². The van der Waals surface area contributed by atoms with Crippen molar-refractivity contribution in [2.24, 2.45) is 10.1 Å². The second kappa shape index (κ2) is 9.87. The molecule has 3 aromatic heterocycles. The number of rotatable bonds is 8. The third-order valence-corrected chi connectivity index (χ3v) is 8.30. The zero-order valence-electron chi connectivity index (χ0n) is 21.9. The largest absolute Gasteiger partial charge is 0.496 e. The number of thiophene rings is 1. The summed E-state index contributed by atoms with van der Waals surface area (Å²) in [5, 5.41) is 0.227. The van der Waals surface area contributed by atoms with Gasteiger partial charge >= 0.3 is 5.69 Å². The first kappa shape index (κ1) is 27.3. The molecule has 0 radical (unpaired) electrons. The van der Waals surface area contributed by atoms with Crippen molar-refractivity contribution in [1.29, 1.82) is 0 Å². The number of benzene rings is 1. The Hall–Kier alpha value is -3.71. The Morgan fingerprint density at radius 1 is 1.29 bits per heavy atom. The lowest BCUT2D eigenvalue weighted by Gasteiger charge is -2.25. The number of carbonyl (C=O) groups excluding carboxylic acids is 1. The van der Waals surface area contributed by atoms with Crippen LogP contribution < -0.4 is 21.7 Å². The molecule has 1 atom stereocenters. The number of para-hydroxylation sites is 1. The van der Waals surface area contributed by atoms with Crippen LogP contribution in [0.25, 0.3) is 21.0 Å². The van der Waals surface area contributed by atoms with Crippen LogP contribution in [0.2, 0.25) is 0 Å². The number of fused-ring (bicyclic) bond motifs is 1. The van der Waals surface area contributed by atoms with Crippen molar-refractivity contribution >= 4 is 37.2 Å². The van der Waals surface area contributed by atoms with Gasteiger partial charge in [0.25, 0.3) is 5.56 Å². The smallest absolute Gasteiger partial charge is 0.333 e. The number of hydrogen-bond donors (Lipinski definition) is 1. The monoisotopic (exact) mass is 559 g/mol. The van der Waals surface area contributed by atoms with Gasteiger partial charge in [-0.1, -0.05) is 18.2 Å². The number of primary amides is 1. The van der Waals surface area contributed by atoms with E-state index in [2.05, 4.69) is 9.35 Å². The average molecular weight is 560 g/mol. The van der Waals surface area contributed by atoms with Crippen molar-refractivity contribution in [1.82, 2.24) is 14.1 Å². The maximum absolute atomic E-state index is 14.0. The summed E-state index contributed by atoms with van der Waals surface area (Å²) >= 11 is 1.16. The van der Waals surface area contributed by atoms with E-state index in [0.717, 1.165) is 15.9 Å². The molecule has 0 saturated heterocycles. The summed E-state index contributed by atoms with van der Waals surface area (Å²) in [4.78, 5) is 45.2. The molecule has 3 heterocycles. The lowest BCUT2D eigenvalue weighted by molar-refractivity contribution is -0.125. The van der Waals surface area contributed by atoms with E-state index in [0.29, 0.717) is 32.5 Å². The van der Waals surface area contributed by atoms with Gasteiger partial charge in [-0.05, 0) is 32.4 Å². The van der Waals surface area contributed by atoms with Gasteiger partial charge < -0.3 is 14.9 Å².